The summed E-state index contributed by atoms with van der Waals surface area (Å²) in [4.78, 5) is 7.90. The fraction of sp³-hybridized carbons (Fsp3) is 0.167. The molecule has 0 radical (unpaired) electrons. The Hall–Kier alpha value is -4.25. The maximum Gasteiger partial charge on any atom is 0.145 e. The molecule has 3 heterocycles. The smallest absolute Gasteiger partial charge is 0.145 e. The number of nitrogens with zero attached hydrogens (tertiary/aromatic N) is 3. The number of benzene rings is 5. The number of piperidine rings is 1. The number of nitrogens with two attached hydrogens (primary N) is 2. The lowest BCUT2D eigenvalue weighted by Crippen LogP contribution is -2.40. The van der Waals surface area contributed by atoms with Gasteiger partial charge in [0.15, 0.2) is 0 Å². The van der Waals surface area contributed by atoms with E-state index < -0.39 is 0 Å². The average molecular weight is 456 g/mol. The number of hydrogen-bond donors (Lipinski definition) is 2. The predicted molar refractivity (Wildman–Crippen MR) is 147 cm³/mol. The minimum Gasteiger partial charge on any atom is -0.398 e. The van der Waals surface area contributed by atoms with Gasteiger partial charge in [0.25, 0.3) is 0 Å². The van der Waals surface area contributed by atoms with E-state index in [1.807, 2.05) is 12.1 Å². The Morgan fingerprint density at radius 1 is 0.800 bits per heavy atom. The van der Waals surface area contributed by atoms with E-state index in [2.05, 4.69) is 70.1 Å². The standard InChI is InChI=1S/C30H25N5/c31-23-13-7-8-17-16-22-28(26(32)25(17)23)34-15-6-5-14-24(34)35-29-21-12-4-2-10-19(21)18-9-1-3-11-20(18)27(29)33-30(22)35/h1-4,7-13,16,24H,5-6,14-15,31-32H2. The molecule has 1 aromatic heterocycles. The van der Waals surface area contributed by atoms with Gasteiger partial charge in [0.1, 0.15) is 12.0 Å². The summed E-state index contributed by atoms with van der Waals surface area (Å²) in [5.74, 6) is 1.01. The minimum absolute atomic E-state index is 0.186. The summed E-state index contributed by atoms with van der Waals surface area (Å²) in [5.41, 5.74) is 19.3. The van der Waals surface area contributed by atoms with Crippen LogP contribution in [0.2, 0.25) is 0 Å². The van der Waals surface area contributed by atoms with Gasteiger partial charge in [-0.15, -0.1) is 0 Å². The lowest BCUT2D eigenvalue weighted by molar-refractivity contribution is 0.380. The molecule has 4 N–H and O–H groups in total. The highest BCUT2D eigenvalue weighted by Gasteiger charge is 2.37. The fourth-order valence-electron chi connectivity index (χ4n) is 6.64. The zero-order valence-corrected chi connectivity index (χ0v) is 19.3. The molecule has 5 heteroatoms. The van der Waals surface area contributed by atoms with Gasteiger partial charge in [-0.3, -0.25) is 0 Å². The Bertz CT molecular complexity index is 1850. The summed E-state index contributed by atoms with van der Waals surface area (Å²) in [6.45, 7) is 0.977. The van der Waals surface area contributed by atoms with E-state index in [4.69, 9.17) is 16.5 Å². The van der Waals surface area contributed by atoms with Gasteiger partial charge in [-0.2, -0.15) is 0 Å². The first kappa shape index (κ1) is 19.1. The fourth-order valence-corrected chi connectivity index (χ4v) is 6.64. The van der Waals surface area contributed by atoms with E-state index in [1.54, 1.807) is 0 Å². The van der Waals surface area contributed by atoms with Crippen molar-refractivity contribution in [1.29, 1.82) is 0 Å². The lowest BCUT2D eigenvalue weighted by atomic mass is 9.94. The van der Waals surface area contributed by atoms with Crippen LogP contribution in [0, 0.1) is 0 Å². The second-order valence-corrected chi connectivity index (χ2v) is 9.90. The monoisotopic (exact) mass is 455 g/mol. The number of hydrogen-bond acceptors (Lipinski definition) is 4. The Morgan fingerprint density at radius 2 is 1.54 bits per heavy atom. The summed E-state index contributed by atoms with van der Waals surface area (Å²) in [6, 6.07) is 25.7. The number of nitrogen functional groups attached to an aromatic ring is 2. The van der Waals surface area contributed by atoms with E-state index in [-0.39, 0.29) is 6.17 Å². The van der Waals surface area contributed by atoms with Crippen LogP contribution in [-0.4, -0.2) is 16.1 Å². The molecule has 0 aliphatic carbocycles. The topological polar surface area (TPSA) is 73.1 Å². The minimum atomic E-state index is 0.186. The molecule has 1 fully saturated rings. The van der Waals surface area contributed by atoms with Crippen molar-refractivity contribution >= 4 is 60.4 Å². The highest BCUT2D eigenvalue weighted by atomic mass is 15.3. The van der Waals surface area contributed by atoms with Crippen LogP contribution in [0.3, 0.4) is 0 Å². The molecule has 0 spiro atoms. The van der Waals surface area contributed by atoms with E-state index in [0.29, 0.717) is 0 Å². The molecule has 0 bridgehead atoms. The van der Waals surface area contributed by atoms with Gasteiger partial charge >= 0.3 is 0 Å². The van der Waals surface area contributed by atoms with Crippen LogP contribution in [0.5, 0.6) is 0 Å². The lowest BCUT2D eigenvalue weighted by Gasteiger charge is -2.44. The maximum absolute atomic E-state index is 6.92. The van der Waals surface area contributed by atoms with Crippen molar-refractivity contribution in [3.8, 4) is 11.4 Å². The van der Waals surface area contributed by atoms with Gasteiger partial charge < -0.3 is 20.9 Å². The molecule has 5 aromatic carbocycles. The quantitative estimate of drug-likeness (QED) is 0.194. The van der Waals surface area contributed by atoms with Crippen molar-refractivity contribution in [3.05, 3.63) is 72.8 Å². The van der Waals surface area contributed by atoms with Crippen molar-refractivity contribution < 1.29 is 0 Å². The molecule has 5 nitrogen and oxygen atoms in total. The van der Waals surface area contributed by atoms with E-state index in [9.17, 15) is 0 Å². The van der Waals surface area contributed by atoms with E-state index in [1.165, 1.54) is 33.5 Å². The molecule has 0 amide bonds. The van der Waals surface area contributed by atoms with Gasteiger partial charge in [-0.05, 0) is 47.6 Å². The first-order valence-corrected chi connectivity index (χ1v) is 12.4. The number of rotatable bonds is 0. The maximum atomic E-state index is 6.92. The zero-order valence-electron chi connectivity index (χ0n) is 19.3. The van der Waals surface area contributed by atoms with Crippen molar-refractivity contribution in [2.45, 2.75) is 25.4 Å². The normalized spacial score (nSPS) is 17.1. The van der Waals surface area contributed by atoms with Gasteiger partial charge in [0.05, 0.1) is 22.4 Å². The van der Waals surface area contributed by atoms with Crippen molar-refractivity contribution in [2.75, 3.05) is 22.9 Å². The Morgan fingerprint density at radius 3 is 2.37 bits per heavy atom. The summed E-state index contributed by atoms with van der Waals surface area (Å²) < 4.78 is 2.50. The molecular weight excluding hydrogens is 430 g/mol. The summed E-state index contributed by atoms with van der Waals surface area (Å²) in [5, 5.41) is 6.99. The number of anilines is 3. The number of aromatic nitrogens is 2. The first-order chi connectivity index (χ1) is 17.2. The average Bonchev–Trinajstić information content (AvgIpc) is 3.31. The van der Waals surface area contributed by atoms with Gasteiger partial charge in [0.2, 0.25) is 0 Å². The van der Waals surface area contributed by atoms with Crippen molar-refractivity contribution in [3.63, 3.8) is 0 Å². The largest absolute Gasteiger partial charge is 0.398 e. The molecule has 0 saturated carbocycles. The van der Waals surface area contributed by atoms with Gasteiger partial charge in [-0.25, -0.2) is 4.98 Å². The molecule has 170 valence electrons. The highest BCUT2D eigenvalue weighted by Crippen LogP contribution is 2.52. The van der Waals surface area contributed by atoms with E-state index >= 15 is 0 Å². The molecule has 2 aliphatic rings. The molecule has 35 heavy (non-hydrogen) atoms. The van der Waals surface area contributed by atoms with Crippen LogP contribution in [0.15, 0.2) is 72.8 Å². The van der Waals surface area contributed by atoms with Crippen LogP contribution in [0.1, 0.15) is 25.4 Å². The molecule has 6 aromatic rings. The van der Waals surface area contributed by atoms with Crippen LogP contribution in [0.25, 0.3) is 54.7 Å². The van der Waals surface area contributed by atoms with Crippen molar-refractivity contribution in [1.82, 2.24) is 9.55 Å². The molecular formula is C30H25N5. The number of imidazole rings is 1. The van der Waals surface area contributed by atoms with E-state index in [0.717, 1.165) is 64.1 Å². The third kappa shape index (κ3) is 2.35. The first-order valence-electron chi connectivity index (χ1n) is 12.4. The molecule has 1 unspecified atom stereocenters. The predicted octanol–water partition coefficient (Wildman–Crippen LogP) is 6.83. The Labute approximate surface area is 202 Å². The highest BCUT2D eigenvalue weighted by molar-refractivity contribution is 6.24. The van der Waals surface area contributed by atoms with Crippen molar-refractivity contribution in [2.24, 2.45) is 0 Å². The summed E-state index contributed by atoms with van der Waals surface area (Å²) in [6.07, 6.45) is 3.60. The van der Waals surface area contributed by atoms with Gasteiger partial charge in [0, 0.05) is 34.0 Å². The van der Waals surface area contributed by atoms with Gasteiger partial charge in [-0.1, -0.05) is 60.7 Å². The molecule has 1 saturated heterocycles. The van der Waals surface area contributed by atoms with Crippen LogP contribution in [-0.2, 0) is 0 Å². The third-order valence-electron chi connectivity index (χ3n) is 8.07. The second kappa shape index (κ2) is 6.66. The van der Waals surface area contributed by atoms with Crippen LogP contribution in [0.4, 0.5) is 17.1 Å². The molecule has 1 atom stereocenters. The molecule has 8 rings (SSSR count). The molecule has 2 aliphatic heterocycles. The zero-order chi connectivity index (χ0) is 23.3. The van der Waals surface area contributed by atoms with Crippen LogP contribution >= 0.6 is 0 Å². The van der Waals surface area contributed by atoms with Crippen LogP contribution < -0.4 is 16.4 Å². The third-order valence-corrected chi connectivity index (χ3v) is 8.07. The summed E-state index contributed by atoms with van der Waals surface area (Å²) in [7, 11) is 0. The Kier molecular flexibility index (Phi) is 3.64. The Balaban J connectivity index is 1.60. The SMILES string of the molecule is Nc1cccc2cc3c(c(N)c12)N1CCCCC1n1c-3nc2c3ccccc3c3ccccc3c21. The number of fused-ring (bicyclic) bond motifs is 14. The second-order valence-electron chi connectivity index (χ2n) is 9.90. The summed E-state index contributed by atoms with van der Waals surface area (Å²) >= 11 is 0.